The van der Waals surface area contributed by atoms with Gasteiger partial charge < -0.3 is 20.2 Å². The predicted octanol–water partition coefficient (Wildman–Crippen LogP) is 8.07. The Hall–Kier alpha value is -3.22. The molecule has 2 atom stereocenters. The van der Waals surface area contributed by atoms with E-state index < -0.39 is 38.3 Å². The molecule has 0 aliphatic heterocycles. The number of hydrogen-bond acceptors (Lipinski definition) is 4. The average Bonchev–Trinajstić information content (AvgIpc) is 3.29. The number of amides is 3. The molecule has 4 rings (SSSR count). The van der Waals surface area contributed by atoms with Gasteiger partial charge in [0, 0.05) is 21.7 Å². The Morgan fingerprint density at radius 1 is 0.935 bits per heavy atom. The summed E-state index contributed by atoms with van der Waals surface area (Å²) in [4.78, 5) is 40.8. The van der Waals surface area contributed by atoms with E-state index in [0.29, 0.717) is 12.3 Å². The number of carbonyl (C=O) groups excluding carboxylic acids is 2. The van der Waals surface area contributed by atoms with E-state index in [1.807, 2.05) is 80.6 Å². The summed E-state index contributed by atoms with van der Waals surface area (Å²) in [5.74, 6) is -1.44. The molecule has 246 valence electrons. The smallest absolute Gasteiger partial charge is 0.408 e. The molecule has 0 radical (unpaired) electrons. The molecule has 0 heterocycles. The highest BCUT2D eigenvalue weighted by Crippen LogP contribution is 2.45. The molecule has 3 amide bonds. The van der Waals surface area contributed by atoms with Crippen molar-refractivity contribution in [3.8, 4) is 11.1 Å². The second-order valence-electron chi connectivity index (χ2n) is 13.9. The first-order valence-corrected chi connectivity index (χ1v) is 19.7. The molecule has 0 bridgehead atoms. The zero-order valence-electron chi connectivity index (χ0n) is 28.0. The van der Waals surface area contributed by atoms with Crippen LogP contribution >= 0.6 is 22.6 Å². The van der Waals surface area contributed by atoms with E-state index in [0.717, 1.165) is 31.4 Å². The van der Waals surface area contributed by atoms with Gasteiger partial charge in [0.15, 0.2) is 8.32 Å². The second kappa shape index (κ2) is 14.3. The maximum atomic E-state index is 13.7. The van der Waals surface area contributed by atoms with Gasteiger partial charge in [0.1, 0.15) is 12.1 Å². The minimum absolute atomic E-state index is 0.107. The molecule has 0 aromatic heterocycles. The van der Waals surface area contributed by atoms with E-state index in [1.54, 1.807) is 6.92 Å². The highest BCUT2D eigenvalue weighted by molar-refractivity contribution is 14.1. The maximum absolute atomic E-state index is 13.7. The number of carboxylic acid groups (broad SMARTS) is 1. The first-order valence-electron chi connectivity index (χ1n) is 15.7. The number of anilines is 1. The first-order chi connectivity index (χ1) is 21.5. The lowest BCUT2D eigenvalue weighted by atomic mass is 9.94. The first kappa shape index (κ1) is 35.6. The van der Waals surface area contributed by atoms with Crippen molar-refractivity contribution in [2.75, 3.05) is 11.9 Å². The third kappa shape index (κ3) is 7.83. The molecule has 2 unspecified atom stereocenters. The molecule has 0 saturated carbocycles. The van der Waals surface area contributed by atoms with Crippen LogP contribution in [0.1, 0.15) is 64.2 Å². The van der Waals surface area contributed by atoms with Crippen LogP contribution < -0.4 is 10.6 Å². The van der Waals surface area contributed by atoms with Gasteiger partial charge >= 0.3 is 6.09 Å². The molecule has 10 heteroatoms. The Morgan fingerprint density at radius 3 is 2.00 bits per heavy atom. The summed E-state index contributed by atoms with van der Waals surface area (Å²) in [7, 11) is -1.91. The summed E-state index contributed by atoms with van der Waals surface area (Å²) in [6.45, 7) is 16.9. The molecule has 8 nitrogen and oxygen atoms in total. The van der Waals surface area contributed by atoms with Gasteiger partial charge in [-0.1, -0.05) is 89.2 Å². The Kier molecular flexibility index (Phi) is 11.1. The van der Waals surface area contributed by atoms with Crippen LogP contribution in [0.15, 0.2) is 66.7 Å². The fourth-order valence-electron chi connectivity index (χ4n) is 5.60. The van der Waals surface area contributed by atoms with E-state index in [1.165, 1.54) is 4.90 Å². The number of rotatable bonds is 11. The molecular weight excluding hydrogens is 709 g/mol. The average molecular weight is 756 g/mol. The lowest BCUT2D eigenvalue weighted by molar-refractivity contribution is -0.130. The van der Waals surface area contributed by atoms with E-state index >= 15 is 0 Å². The molecular formula is C36H46IN3O5Si. The summed E-state index contributed by atoms with van der Waals surface area (Å²) in [5, 5.41) is 16.1. The molecule has 0 fully saturated rings. The van der Waals surface area contributed by atoms with Crippen molar-refractivity contribution in [1.82, 2.24) is 10.2 Å². The van der Waals surface area contributed by atoms with Crippen LogP contribution in [0.5, 0.6) is 0 Å². The van der Waals surface area contributed by atoms with E-state index in [9.17, 15) is 19.5 Å². The van der Waals surface area contributed by atoms with Crippen LogP contribution in [-0.4, -0.2) is 54.9 Å². The van der Waals surface area contributed by atoms with Crippen molar-refractivity contribution >= 4 is 54.5 Å². The molecule has 1 aliphatic rings. The number of hydrogen-bond donors (Lipinski definition) is 3. The fourth-order valence-corrected chi connectivity index (χ4v) is 7.22. The SMILES string of the molecule is CC(NC(=O)C(C(C)C)N(CC1c2ccccc2-c2ccccc21)C(=O)O)C(=O)Nc1ccc(CO[Si](C)(C)C(C)(C)C)c(I)c1. The van der Waals surface area contributed by atoms with Crippen molar-refractivity contribution in [2.45, 2.75) is 84.3 Å². The lowest BCUT2D eigenvalue weighted by Gasteiger charge is -2.36. The van der Waals surface area contributed by atoms with Crippen molar-refractivity contribution in [2.24, 2.45) is 5.92 Å². The van der Waals surface area contributed by atoms with Gasteiger partial charge in [-0.05, 0) is 93.5 Å². The van der Waals surface area contributed by atoms with Gasteiger partial charge in [0.2, 0.25) is 11.8 Å². The molecule has 3 aromatic carbocycles. The largest absolute Gasteiger partial charge is 0.465 e. The highest BCUT2D eigenvalue weighted by atomic mass is 127. The Labute approximate surface area is 287 Å². The summed E-state index contributed by atoms with van der Waals surface area (Å²) in [5.41, 5.74) is 5.89. The molecule has 46 heavy (non-hydrogen) atoms. The van der Waals surface area contributed by atoms with Crippen LogP contribution in [0.3, 0.4) is 0 Å². The summed E-state index contributed by atoms with van der Waals surface area (Å²) in [6.07, 6.45) is -1.18. The quantitative estimate of drug-likeness (QED) is 0.136. The van der Waals surface area contributed by atoms with Crippen LogP contribution in [0.25, 0.3) is 11.1 Å². The lowest BCUT2D eigenvalue weighted by Crippen LogP contribution is -2.56. The summed E-state index contributed by atoms with van der Waals surface area (Å²) in [6, 6.07) is 19.8. The fraction of sp³-hybridized carbons (Fsp3) is 0.417. The van der Waals surface area contributed by atoms with Crippen LogP contribution in [0.4, 0.5) is 10.5 Å². The number of benzene rings is 3. The van der Waals surface area contributed by atoms with Gasteiger partial charge in [-0.3, -0.25) is 14.5 Å². The van der Waals surface area contributed by atoms with Crippen LogP contribution in [0.2, 0.25) is 18.1 Å². The second-order valence-corrected chi connectivity index (χ2v) is 19.9. The topological polar surface area (TPSA) is 108 Å². The Balaban J connectivity index is 1.44. The van der Waals surface area contributed by atoms with E-state index in [2.05, 4.69) is 67.1 Å². The molecule has 3 aromatic rings. The van der Waals surface area contributed by atoms with Gasteiger partial charge in [0.25, 0.3) is 0 Å². The zero-order chi connectivity index (χ0) is 34.0. The number of carbonyl (C=O) groups is 3. The van der Waals surface area contributed by atoms with Crippen molar-refractivity contribution in [3.63, 3.8) is 0 Å². The van der Waals surface area contributed by atoms with Gasteiger partial charge in [-0.15, -0.1) is 0 Å². The summed E-state index contributed by atoms with van der Waals surface area (Å²) < 4.78 is 7.34. The van der Waals surface area contributed by atoms with Gasteiger partial charge in [-0.2, -0.15) is 0 Å². The summed E-state index contributed by atoms with van der Waals surface area (Å²) >= 11 is 2.25. The van der Waals surface area contributed by atoms with Crippen molar-refractivity contribution < 1.29 is 23.9 Å². The molecule has 1 aliphatic carbocycles. The zero-order valence-corrected chi connectivity index (χ0v) is 31.1. The van der Waals surface area contributed by atoms with Crippen LogP contribution in [-0.2, 0) is 20.6 Å². The third-order valence-electron chi connectivity index (χ3n) is 9.29. The number of fused-ring (bicyclic) bond motifs is 3. The monoisotopic (exact) mass is 755 g/mol. The van der Waals surface area contributed by atoms with E-state index in [4.69, 9.17) is 4.43 Å². The number of nitrogens with zero attached hydrogens (tertiary/aromatic N) is 1. The standard InChI is InChI=1S/C36H46IN3O5Si/c1-22(2)32(40(35(43)44)20-30-28-15-11-9-13-26(28)27-14-10-12-16-29(27)30)34(42)38-23(3)33(41)39-25-18-17-24(31(37)19-25)21-45-46(7,8)36(4,5)6/h9-19,22-23,30,32H,20-21H2,1-8H3,(H,38,42)(H,39,41)(H,43,44). The van der Waals surface area contributed by atoms with E-state index in [-0.39, 0.29) is 23.4 Å². The van der Waals surface area contributed by atoms with Crippen LogP contribution in [0, 0.1) is 9.49 Å². The Bertz CT molecular complexity index is 1560. The minimum atomic E-state index is -1.91. The predicted molar refractivity (Wildman–Crippen MR) is 194 cm³/mol. The Morgan fingerprint density at radius 2 is 1.50 bits per heavy atom. The normalized spacial score (nSPS) is 14.3. The van der Waals surface area contributed by atoms with Gasteiger partial charge in [0.05, 0.1) is 6.61 Å². The molecule has 0 saturated heterocycles. The molecule has 3 N–H and O–H groups in total. The van der Waals surface area contributed by atoms with Crippen molar-refractivity contribution in [1.29, 1.82) is 0 Å². The third-order valence-corrected chi connectivity index (χ3v) is 14.8. The maximum Gasteiger partial charge on any atom is 0.408 e. The number of nitrogens with one attached hydrogen (secondary N) is 2. The number of halogens is 1. The minimum Gasteiger partial charge on any atom is -0.465 e. The highest BCUT2D eigenvalue weighted by Gasteiger charge is 2.39. The van der Waals surface area contributed by atoms with Gasteiger partial charge in [-0.25, -0.2) is 4.79 Å². The molecule has 0 spiro atoms. The van der Waals surface area contributed by atoms with Crippen molar-refractivity contribution in [3.05, 3.63) is 87.0 Å².